The number of esters is 1. The van der Waals surface area contributed by atoms with E-state index >= 15 is 0 Å². The Hall–Kier alpha value is -1.06. The van der Waals surface area contributed by atoms with Crippen molar-refractivity contribution in [2.24, 2.45) is 5.92 Å². The second-order valence-corrected chi connectivity index (χ2v) is 6.32. The van der Waals surface area contributed by atoms with Gasteiger partial charge in [-0.25, -0.2) is 0 Å². The van der Waals surface area contributed by atoms with E-state index < -0.39 is 5.60 Å². The van der Waals surface area contributed by atoms with Gasteiger partial charge in [-0.3, -0.25) is 9.59 Å². The SMILES string of the molecule is CCC1CCC(=O)N(CCC(=O)OC(C)(C)C)CC1. The lowest BCUT2D eigenvalue weighted by Gasteiger charge is -2.23. The number of amides is 1. The summed E-state index contributed by atoms with van der Waals surface area (Å²) in [7, 11) is 0. The minimum absolute atomic E-state index is 0.180. The minimum atomic E-state index is -0.451. The summed E-state index contributed by atoms with van der Waals surface area (Å²) in [5.41, 5.74) is -0.451. The predicted molar refractivity (Wildman–Crippen MR) is 74.7 cm³/mol. The topological polar surface area (TPSA) is 46.6 Å². The van der Waals surface area contributed by atoms with Gasteiger partial charge in [-0.2, -0.15) is 0 Å². The third-order valence-electron chi connectivity index (χ3n) is 3.51. The molecule has 19 heavy (non-hydrogen) atoms. The van der Waals surface area contributed by atoms with Gasteiger partial charge in [0, 0.05) is 19.5 Å². The molecule has 0 aliphatic carbocycles. The molecule has 4 heteroatoms. The molecule has 0 aromatic heterocycles. The van der Waals surface area contributed by atoms with Crippen LogP contribution in [0.5, 0.6) is 0 Å². The Morgan fingerprint density at radius 1 is 1.37 bits per heavy atom. The summed E-state index contributed by atoms with van der Waals surface area (Å²) >= 11 is 0. The fourth-order valence-corrected chi connectivity index (χ4v) is 2.36. The monoisotopic (exact) mass is 269 g/mol. The first-order chi connectivity index (χ1) is 8.81. The van der Waals surface area contributed by atoms with Gasteiger partial charge >= 0.3 is 5.97 Å². The van der Waals surface area contributed by atoms with Gasteiger partial charge in [0.25, 0.3) is 0 Å². The number of rotatable bonds is 4. The number of hydrogen-bond acceptors (Lipinski definition) is 3. The van der Waals surface area contributed by atoms with Gasteiger partial charge in [-0.15, -0.1) is 0 Å². The lowest BCUT2D eigenvalue weighted by Crippen LogP contribution is -2.34. The lowest BCUT2D eigenvalue weighted by atomic mass is 9.98. The van der Waals surface area contributed by atoms with Crippen molar-refractivity contribution in [1.29, 1.82) is 0 Å². The standard InChI is InChI=1S/C15H27NO3/c1-5-12-6-7-13(17)16(10-8-12)11-9-14(18)19-15(2,3)4/h12H,5-11H2,1-4H3. The van der Waals surface area contributed by atoms with Gasteiger partial charge in [0.1, 0.15) is 5.60 Å². The summed E-state index contributed by atoms with van der Waals surface area (Å²) < 4.78 is 5.26. The average molecular weight is 269 g/mol. The molecule has 1 aliphatic heterocycles. The molecule has 1 rings (SSSR count). The van der Waals surface area contributed by atoms with Gasteiger partial charge in [-0.1, -0.05) is 13.3 Å². The zero-order valence-electron chi connectivity index (χ0n) is 12.7. The molecule has 0 saturated carbocycles. The molecule has 1 saturated heterocycles. The van der Waals surface area contributed by atoms with Gasteiger partial charge < -0.3 is 9.64 Å². The van der Waals surface area contributed by atoms with E-state index in [9.17, 15) is 9.59 Å². The van der Waals surface area contributed by atoms with Crippen molar-refractivity contribution in [1.82, 2.24) is 4.90 Å². The van der Waals surface area contributed by atoms with E-state index in [2.05, 4.69) is 6.92 Å². The molecule has 0 spiro atoms. The normalized spacial score (nSPS) is 21.2. The Balaban J connectivity index is 2.39. The molecule has 0 aromatic rings. The second-order valence-electron chi connectivity index (χ2n) is 6.32. The van der Waals surface area contributed by atoms with Crippen molar-refractivity contribution in [2.45, 2.75) is 65.4 Å². The van der Waals surface area contributed by atoms with Crippen LogP contribution in [0.1, 0.15) is 59.8 Å². The van der Waals surface area contributed by atoms with Crippen LogP contribution in [0, 0.1) is 5.92 Å². The first-order valence-electron chi connectivity index (χ1n) is 7.31. The molecule has 4 nitrogen and oxygen atoms in total. The summed E-state index contributed by atoms with van der Waals surface area (Å²) in [6, 6.07) is 0. The van der Waals surface area contributed by atoms with Crippen LogP contribution in [0.2, 0.25) is 0 Å². The van der Waals surface area contributed by atoms with Crippen LogP contribution in [0.25, 0.3) is 0 Å². The zero-order valence-corrected chi connectivity index (χ0v) is 12.7. The Morgan fingerprint density at radius 3 is 2.63 bits per heavy atom. The minimum Gasteiger partial charge on any atom is -0.460 e. The lowest BCUT2D eigenvalue weighted by molar-refractivity contribution is -0.155. The Bertz CT molecular complexity index is 320. The summed E-state index contributed by atoms with van der Waals surface area (Å²) in [6.07, 6.45) is 4.08. The molecule has 0 bridgehead atoms. The number of nitrogens with zero attached hydrogens (tertiary/aromatic N) is 1. The largest absolute Gasteiger partial charge is 0.460 e. The summed E-state index contributed by atoms with van der Waals surface area (Å²) in [4.78, 5) is 25.4. The van der Waals surface area contributed by atoms with Gasteiger partial charge in [0.2, 0.25) is 5.91 Å². The van der Waals surface area contributed by atoms with E-state index in [1.807, 2.05) is 25.7 Å². The Morgan fingerprint density at radius 2 is 2.05 bits per heavy atom. The van der Waals surface area contributed by atoms with Crippen molar-refractivity contribution in [3.63, 3.8) is 0 Å². The number of likely N-dealkylation sites (tertiary alicyclic amines) is 1. The fourth-order valence-electron chi connectivity index (χ4n) is 2.36. The molecule has 0 aromatic carbocycles. The smallest absolute Gasteiger partial charge is 0.308 e. The molecule has 0 radical (unpaired) electrons. The fraction of sp³-hybridized carbons (Fsp3) is 0.867. The van der Waals surface area contributed by atoms with Crippen LogP contribution in [-0.4, -0.2) is 35.5 Å². The van der Waals surface area contributed by atoms with E-state index in [4.69, 9.17) is 4.74 Å². The van der Waals surface area contributed by atoms with Crippen LogP contribution < -0.4 is 0 Å². The number of carbonyl (C=O) groups excluding carboxylic acids is 2. The Labute approximate surface area is 116 Å². The van der Waals surface area contributed by atoms with Crippen molar-refractivity contribution in [3.05, 3.63) is 0 Å². The van der Waals surface area contributed by atoms with Crippen LogP contribution >= 0.6 is 0 Å². The quantitative estimate of drug-likeness (QED) is 0.737. The highest BCUT2D eigenvalue weighted by Crippen LogP contribution is 2.21. The Kier molecular flexibility index (Phi) is 5.83. The van der Waals surface area contributed by atoms with Gasteiger partial charge in [0.05, 0.1) is 6.42 Å². The third-order valence-corrected chi connectivity index (χ3v) is 3.51. The molecule has 1 amide bonds. The van der Waals surface area contributed by atoms with Crippen molar-refractivity contribution in [2.75, 3.05) is 13.1 Å². The summed E-state index contributed by atoms with van der Waals surface area (Å²) in [5.74, 6) is 0.603. The maximum absolute atomic E-state index is 11.9. The maximum atomic E-state index is 11.9. The highest BCUT2D eigenvalue weighted by molar-refractivity contribution is 5.77. The molecule has 1 atom stereocenters. The van der Waals surface area contributed by atoms with Crippen molar-refractivity contribution < 1.29 is 14.3 Å². The van der Waals surface area contributed by atoms with Gasteiger partial charge in [-0.05, 0) is 39.5 Å². The predicted octanol–water partition coefficient (Wildman–Crippen LogP) is 2.76. The maximum Gasteiger partial charge on any atom is 0.308 e. The van der Waals surface area contributed by atoms with E-state index in [0.717, 1.165) is 25.8 Å². The summed E-state index contributed by atoms with van der Waals surface area (Å²) in [6.45, 7) is 9.01. The first-order valence-corrected chi connectivity index (χ1v) is 7.31. The molecule has 1 unspecified atom stereocenters. The average Bonchev–Trinajstić information content (AvgIpc) is 2.46. The number of carbonyl (C=O) groups is 2. The second kappa shape index (κ2) is 6.92. The van der Waals surface area contributed by atoms with E-state index in [1.165, 1.54) is 0 Å². The zero-order chi connectivity index (χ0) is 14.5. The van der Waals surface area contributed by atoms with E-state index in [1.54, 1.807) is 0 Å². The van der Waals surface area contributed by atoms with Gasteiger partial charge in [0.15, 0.2) is 0 Å². The molecular formula is C15H27NO3. The number of hydrogen-bond donors (Lipinski definition) is 0. The molecule has 1 fully saturated rings. The molecule has 1 aliphatic rings. The number of ether oxygens (including phenoxy) is 1. The van der Waals surface area contributed by atoms with Crippen LogP contribution in [0.4, 0.5) is 0 Å². The highest BCUT2D eigenvalue weighted by Gasteiger charge is 2.23. The van der Waals surface area contributed by atoms with Crippen LogP contribution in [-0.2, 0) is 14.3 Å². The van der Waals surface area contributed by atoms with E-state index in [0.29, 0.717) is 25.3 Å². The molecule has 1 heterocycles. The van der Waals surface area contributed by atoms with Crippen molar-refractivity contribution >= 4 is 11.9 Å². The van der Waals surface area contributed by atoms with E-state index in [-0.39, 0.29) is 11.9 Å². The first kappa shape index (κ1) is 16.0. The third kappa shape index (κ3) is 6.08. The summed E-state index contributed by atoms with van der Waals surface area (Å²) in [5, 5.41) is 0. The van der Waals surface area contributed by atoms with Crippen LogP contribution in [0.3, 0.4) is 0 Å². The van der Waals surface area contributed by atoms with Crippen molar-refractivity contribution in [3.8, 4) is 0 Å². The molecule has 110 valence electrons. The molecular weight excluding hydrogens is 242 g/mol. The van der Waals surface area contributed by atoms with Crippen LogP contribution in [0.15, 0.2) is 0 Å². The highest BCUT2D eigenvalue weighted by atomic mass is 16.6. The molecule has 0 N–H and O–H groups in total.